The van der Waals surface area contributed by atoms with Gasteiger partial charge in [-0.05, 0) is 18.1 Å². The van der Waals surface area contributed by atoms with E-state index in [0.29, 0.717) is 0 Å². The van der Waals surface area contributed by atoms with E-state index in [4.69, 9.17) is 11.1 Å². The molecule has 0 nitrogen and oxygen atoms in total. The first kappa shape index (κ1) is 16.5. The summed E-state index contributed by atoms with van der Waals surface area (Å²) in [6.07, 6.45) is 11.3. The number of unbranched alkanes of at least 4 members (excludes halogenated alkanes) is 7. The van der Waals surface area contributed by atoms with E-state index in [-0.39, 0.29) is 0 Å². The maximum atomic E-state index is 6.63. The van der Waals surface area contributed by atoms with Crippen LogP contribution in [0.5, 0.6) is 0 Å². The molecule has 0 rings (SSSR count). The van der Waals surface area contributed by atoms with Crippen LogP contribution >= 0.6 is 11.1 Å². The maximum Gasteiger partial charge on any atom is 0.156 e. The van der Waals surface area contributed by atoms with Crippen LogP contribution in [0.25, 0.3) is 0 Å². The van der Waals surface area contributed by atoms with E-state index in [1.165, 1.54) is 69.5 Å². The van der Waals surface area contributed by atoms with Crippen molar-refractivity contribution < 1.29 is 0 Å². The van der Waals surface area contributed by atoms with Crippen LogP contribution in [-0.2, 0) is 0 Å². The van der Waals surface area contributed by atoms with Gasteiger partial charge < -0.3 is 0 Å². The first-order valence-corrected chi connectivity index (χ1v) is 11.0. The van der Waals surface area contributed by atoms with E-state index in [9.17, 15) is 0 Å². The van der Waals surface area contributed by atoms with Gasteiger partial charge in [0.2, 0.25) is 0 Å². The molecule has 0 saturated heterocycles. The van der Waals surface area contributed by atoms with Crippen LogP contribution in [0.1, 0.15) is 72.1 Å². The summed E-state index contributed by atoms with van der Waals surface area (Å²) < 4.78 is 0. The number of hydrogen-bond acceptors (Lipinski definition) is 0. The normalized spacial score (nSPS) is 12.0. The molecular formula is C14H31ClSi. The van der Waals surface area contributed by atoms with Gasteiger partial charge in [0, 0.05) is 0 Å². The molecule has 0 aromatic rings. The molecule has 0 N–H and O–H groups in total. The smallest absolute Gasteiger partial charge is 0.156 e. The van der Waals surface area contributed by atoms with E-state index in [0.717, 1.165) is 0 Å². The average molecular weight is 263 g/mol. The molecule has 0 aliphatic rings. The lowest BCUT2D eigenvalue weighted by Crippen LogP contribution is -2.23. The van der Waals surface area contributed by atoms with E-state index in [1.807, 2.05) is 0 Å². The second-order valence-electron chi connectivity index (χ2n) is 5.08. The van der Waals surface area contributed by atoms with Gasteiger partial charge in [-0.2, -0.15) is 11.1 Å². The van der Waals surface area contributed by atoms with Gasteiger partial charge in [0.1, 0.15) is 0 Å². The second kappa shape index (κ2) is 10.6. The highest BCUT2D eigenvalue weighted by Crippen LogP contribution is 2.27. The van der Waals surface area contributed by atoms with Gasteiger partial charge >= 0.3 is 0 Å². The Bertz CT molecular complexity index is 144. The third-order valence-electron chi connectivity index (χ3n) is 3.75. The van der Waals surface area contributed by atoms with Crippen LogP contribution in [0, 0.1) is 0 Å². The zero-order valence-corrected chi connectivity index (χ0v) is 13.4. The molecule has 0 aromatic carbocycles. The van der Waals surface area contributed by atoms with E-state index < -0.39 is 7.38 Å². The van der Waals surface area contributed by atoms with Crippen LogP contribution in [0.3, 0.4) is 0 Å². The molecule has 0 aliphatic carbocycles. The molecule has 0 aliphatic heterocycles. The second-order valence-corrected chi connectivity index (χ2v) is 11.7. The summed E-state index contributed by atoms with van der Waals surface area (Å²) in [6.45, 7) is 6.82. The molecule has 16 heavy (non-hydrogen) atoms. The number of halogens is 1. The summed E-state index contributed by atoms with van der Waals surface area (Å²) in [5.74, 6) is 0. The molecule has 0 unspecified atom stereocenters. The third kappa shape index (κ3) is 8.64. The summed E-state index contributed by atoms with van der Waals surface area (Å²) in [4.78, 5) is 0. The molecule has 0 fully saturated rings. The Morgan fingerprint density at radius 3 is 1.56 bits per heavy atom. The van der Waals surface area contributed by atoms with Gasteiger partial charge in [0.15, 0.2) is 7.38 Å². The summed E-state index contributed by atoms with van der Waals surface area (Å²) in [6, 6.07) is 3.85. The molecule has 0 radical (unpaired) electrons. The van der Waals surface area contributed by atoms with Crippen molar-refractivity contribution in [3.05, 3.63) is 0 Å². The van der Waals surface area contributed by atoms with Crippen LogP contribution in [0.4, 0.5) is 0 Å². The Hall–Kier alpha value is 0.507. The monoisotopic (exact) mass is 262 g/mol. The maximum absolute atomic E-state index is 6.63. The lowest BCUT2D eigenvalue weighted by Gasteiger charge is -2.20. The minimum atomic E-state index is -1.31. The molecule has 0 atom stereocenters. The first-order valence-electron chi connectivity index (χ1n) is 7.37. The first-order chi connectivity index (χ1) is 7.68. The highest BCUT2D eigenvalue weighted by Gasteiger charge is 2.24. The van der Waals surface area contributed by atoms with Crippen molar-refractivity contribution in [2.24, 2.45) is 0 Å². The Balaban J connectivity index is 3.26. The van der Waals surface area contributed by atoms with Gasteiger partial charge in [0.05, 0.1) is 0 Å². The van der Waals surface area contributed by atoms with Crippen LogP contribution in [-0.4, -0.2) is 7.38 Å². The topological polar surface area (TPSA) is 0 Å². The van der Waals surface area contributed by atoms with Crippen LogP contribution in [0.15, 0.2) is 0 Å². The Morgan fingerprint density at radius 2 is 1.12 bits per heavy atom. The van der Waals surface area contributed by atoms with Gasteiger partial charge in [0.25, 0.3) is 0 Å². The fourth-order valence-corrected chi connectivity index (χ4v) is 4.67. The third-order valence-corrected chi connectivity index (χ3v) is 9.70. The Morgan fingerprint density at radius 1 is 0.688 bits per heavy atom. The van der Waals surface area contributed by atoms with Crippen molar-refractivity contribution in [3.63, 3.8) is 0 Å². The van der Waals surface area contributed by atoms with Gasteiger partial charge in [-0.15, -0.1) is 0 Å². The quantitative estimate of drug-likeness (QED) is 0.231. The minimum Gasteiger partial charge on any atom is -0.167 e. The zero-order chi connectivity index (χ0) is 12.3. The fourth-order valence-electron chi connectivity index (χ4n) is 2.18. The van der Waals surface area contributed by atoms with Crippen molar-refractivity contribution >= 4 is 18.5 Å². The Labute approximate surface area is 109 Å². The Kier molecular flexibility index (Phi) is 11.0. The molecule has 0 heterocycles. The molecule has 98 valence electrons. The van der Waals surface area contributed by atoms with Crippen molar-refractivity contribution in [1.82, 2.24) is 0 Å². The summed E-state index contributed by atoms with van der Waals surface area (Å²) >= 11 is 6.63. The van der Waals surface area contributed by atoms with Crippen LogP contribution < -0.4 is 0 Å². The lowest BCUT2D eigenvalue weighted by atomic mass is 10.1. The largest absolute Gasteiger partial charge is 0.167 e. The van der Waals surface area contributed by atoms with E-state index >= 15 is 0 Å². The van der Waals surface area contributed by atoms with Crippen molar-refractivity contribution in [1.29, 1.82) is 0 Å². The zero-order valence-electron chi connectivity index (χ0n) is 11.7. The molecule has 0 amide bonds. The van der Waals surface area contributed by atoms with E-state index in [2.05, 4.69) is 20.8 Å². The summed E-state index contributed by atoms with van der Waals surface area (Å²) in [5, 5.41) is 0. The van der Waals surface area contributed by atoms with E-state index in [1.54, 1.807) is 0 Å². The van der Waals surface area contributed by atoms with Crippen molar-refractivity contribution in [2.45, 2.75) is 90.3 Å². The fraction of sp³-hybridized carbons (Fsp3) is 1.00. The number of rotatable bonds is 11. The molecule has 0 saturated carbocycles. The lowest BCUT2D eigenvalue weighted by molar-refractivity contribution is 0.584. The molecular weight excluding hydrogens is 232 g/mol. The predicted octanol–water partition coefficient (Wildman–Crippen LogP) is 6.35. The number of hydrogen-bond donors (Lipinski definition) is 0. The molecule has 0 spiro atoms. The molecule has 0 aromatic heterocycles. The van der Waals surface area contributed by atoms with Gasteiger partial charge in [-0.25, -0.2) is 0 Å². The van der Waals surface area contributed by atoms with Crippen molar-refractivity contribution in [3.8, 4) is 0 Å². The highest BCUT2D eigenvalue weighted by molar-refractivity contribution is 7.20. The van der Waals surface area contributed by atoms with Crippen LogP contribution in [0.2, 0.25) is 18.1 Å². The SMILES string of the molecule is CCCCCCCCCC[Si](Cl)(CC)CC. The standard InChI is InChI=1S/C14H31ClSi/c1-4-7-8-9-10-11-12-13-14-16(15,5-2)6-3/h4-14H2,1-3H3. The predicted molar refractivity (Wildman–Crippen MR) is 80.0 cm³/mol. The minimum absolute atomic E-state index is 1.25. The highest BCUT2D eigenvalue weighted by atomic mass is 35.6. The molecule has 0 bridgehead atoms. The van der Waals surface area contributed by atoms with Gasteiger partial charge in [-0.3, -0.25) is 0 Å². The summed E-state index contributed by atoms with van der Waals surface area (Å²) in [7, 11) is -1.31. The average Bonchev–Trinajstić information content (AvgIpc) is 2.32. The van der Waals surface area contributed by atoms with Crippen molar-refractivity contribution in [2.75, 3.05) is 0 Å². The van der Waals surface area contributed by atoms with Gasteiger partial charge in [-0.1, -0.05) is 72.1 Å². The summed E-state index contributed by atoms with van der Waals surface area (Å²) in [5.41, 5.74) is 0. The molecule has 2 heteroatoms.